The van der Waals surface area contributed by atoms with E-state index in [0.717, 1.165) is 12.7 Å². The molecule has 0 atom stereocenters. The third kappa shape index (κ3) is 4.09. The van der Waals surface area contributed by atoms with Gasteiger partial charge in [0.15, 0.2) is 15.6 Å². The highest BCUT2D eigenvalue weighted by molar-refractivity contribution is 7.91. The van der Waals surface area contributed by atoms with Gasteiger partial charge in [0.25, 0.3) is 0 Å². The van der Waals surface area contributed by atoms with Crippen molar-refractivity contribution in [3.63, 3.8) is 0 Å². The van der Waals surface area contributed by atoms with Crippen LogP contribution in [0, 0.1) is 0 Å². The minimum absolute atomic E-state index is 0.0209. The van der Waals surface area contributed by atoms with Crippen LogP contribution in [0.15, 0.2) is 6.33 Å². The number of carbonyl (C=O) groups excluding carboxylic acids is 1. The average Bonchev–Trinajstić information content (AvgIpc) is 2.50. The first kappa shape index (κ1) is 12.8. The van der Waals surface area contributed by atoms with Crippen LogP contribution in [0.2, 0.25) is 0 Å². The standard InChI is InChI=1S/C9H15N3O3S/c1-3-4-12-9(10-7-11-12)5-8(13)6-16(2,14)15/h7H,3-6H2,1-2H3. The molecule has 0 unspecified atom stereocenters. The lowest BCUT2D eigenvalue weighted by atomic mass is 10.3. The Morgan fingerprint density at radius 3 is 2.75 bits per heavy atom. The maximum atomic E-state index is 11.4. The molecule has 0 aliphatic rings. The second-order valence-electron chi connectivity index (χ2n) is 3.68. The molecule has 1 rings (SSSR count). The van der Waals surface area contributed by atoms with Gasteiger partial charge in [-0.25, -0.2) is 18.1 Å². The molecule has 0 aliphatic heterocycles. The fourth-order valence-corrected chi connectivity index (χ4v) is 2.03. The fraction of sp³-hybridized carbons (Fsp3) is 0.667. The highest BCUT2D eigenvalue weighted by Gasteiger charge is 2.14. The van der Waals surface area contributed by atoms with Crippen molar-refractivity contribution in [2.75, 3.05) is 12.0 Å². The van der Waals surface area contributed by atoms with Crippen LogP contribution >= 0.6 is 0 Å². The molecule has 0 spiro atoms. The lowest BCUT2D eigenvalue weighted by Crippen LogP contribution is -2.19. The summed E-state index contributed by atoms with van der Waals surface area (Å²) in [7, 11) is -3.26. The number of aromatic nitrogens is 3. The van der Waals surface area contributed by atoms with Crippen molar-refractivity contribution in [3.8, 4) is 0 Å². The number of Topliss-reactive ketones (excluding diaryl/α,β-unsaturated/α-hetero) is 1. The van der Waals surface area contributed by atoms with E-state index in [9.17, 15) is 13.2 Å². The predicted molar refractivity (Wildman–Crippen MR) is 58.7 cm³/mol. The summed E-state index contributed by atoms with van der Waals surface area (Å²) in [4.78, 5) is 15.4. The lowest BCUT2D eigenvalue weighted by Gasteiger charge is -2.03. The lowest BCUT2D eigenvalue weighted by molar-refractivity contribution is -0.116. The number of sulfone groups is 1. The van der Waals surface area contributed by atoms with Crippen LogP contribution in [0.5, 0.6) is 0 Å². The first-order valence-corrected chi connectivity index (χ1v) is 7.04. The van der Waals surface area contributed by atoms with Gasteiger partial charge in [-0.3, -0.25) is 4.79 Å². The van der Waals surface area contributed by atoms with Crippen molar-refractivity contribution >= 4 is 15.6 Å². The zero-order valence-corrected chi connectivity index (χ0v) is 10.2. The molecule has 0 saturated carbocycles. The highest BCUT2D eigenvalue weighted by Crippen LogP contribution is 1.99. The van der Waals surface area contributed by atoms with Gasteiger partial charge in [-0.2, -0.15) is 5.10 Å². The minimum Gasteiger partial charge on any atom is -0.298 e. The van der Waals surface area contributed by atoms with Gasteiger partial charge in [-0.15, -0.1) is 0 Å². The third-order valence-electron chi connectivity index (χ3n) is 1.91. The fourth-order valence-electron chi connectivity index (χ4n) is 1.34. The quantitative estimate of drug-likeness (QED) is 0.695. The molecule has 0 radical (unpaired) electrons. The van der Waals surface area contributed by atoms with E-state index in [4.69, 9.17) is 0 Å². The predicted octanol–water partition coefficient (Wildman–Crippen LogP) is -0.156. The van der Waals surface area contributed by atoms with E-state index in [-0.39, 0.29) is 12.2 Å². The van der Waals surface area contributed by atoms with Gasteiger partial charge in [0, 0.05) is 12.8 Å². The largest absolute Gasteiger partial charge is 0.298 e. The summed E-state index contributed by atoms with van der Waals surface area (Å²) in [6, 6.07) is 0. The van der Waals surface area contributed by atoms with Crippen molar-refractivity contribution in [1.82, 2.24) is 14.8 Å². The molecule has 1 aromatic rings. The average molecular weight is 245 g/mol. The number of nitrogens with zero attached hydrogens (tertiary/aromatic N) is 3. The Balaban J connectivity index is 2.66. The Morgan fingerprint density at radius 1 is 1.50 bits per heavy atom. The maximum absolute atomic E-state index is 11.4. The van der Waals surface area contributed by atoms with E-state index >= 15 is 0 Å². The molecule has 0 fully saturated rings. The molecule has 0 aliphatic carbocycles. The van der Waals surface area contributed by atoms with E-state index in [1.54, 1.807) is 4.68 Å². The maximum Gasteiger partial charge on any atom is 0.155 e. The van der Waals surface area contributed by atoms with E-state index in [0.29, 0.717) is 12.4 Å². The Kier molecular flexibility index (Phi) is 4.17. The molecule has 16 heavy (non-hydrogen) atoms. The van der Waals surface area contributed by atoms with Crippen molar-refractivity contribution in [2.45, 2.75) is 26.3 Å². The molecule has 6 nitrogen and oxygen atoms in total. The number of ketones is 1. The number of hydrogen-bond acceptors (Lipinski definition) is 5. The third-order valence-corrected chi connectivity index (χ3v) is 2.76. The number of rotatable bonds is 6. The number of aryl methyl sites for hydroxylation is 1. The van der Waals surface area contributed by atoms with Gasteiger partial charge >= 0.3 is 0 Å². The number of carbonyl (C=O) groups is 1. The highest BCUT2D eigenvalue weighted by atomic mass is 32.2. The molecule has 0 bridgehead atoms. The number of hydrogen-bond donors (Lipinski definition) is 0. The summed E-state index contributed by atoms with van der Waals surface area (Å²) in [5.74, 6) is -0.269. The van der Waals surface area contributed by atoms with Crippen LogP contribution in [-0.4, -0.2) is 41.0 Å². The van der Waals surface area contributed by atoms with E-state index in [2.05, 4.69) is 10.1 Å². The molecule has 0 aromatic carbocycles. The minimum atomic E-state index is -3.26. The van der Waals surface area contributed by atoms with Crippen LogP contribution in [0.3, 0.4) is 0 Å². The summed E-state index contributed by atoms with van der Waals surface area (Å²) in [5, 5.41) is 3.96. The van der Waals surface area contributed by atoms with Crippen LogP contribution < -0.4 is 0 Å². The Morgan fingerprint density at radius 2 is 2.19 bits per heavy atom. The second kappa shape index (κ2) is 5.20. The second-order valence-corrected chi connectivity index (χ2v) is 5.83. The van der Waals surface area contributed by atoms with Gasteiger partial charge < -0.3 is 0 Å². The SMILES string of the molecule is CCCn1ncnc1CC(=O)CS(C)(=O)=O. The molecular formula is C9H15N3O3S. The normalized spacial score (nSPS) is 11.6. The summed E-state index contributed by atoms with van der Waals surface area (Å²) in [6.07, 6.45) is 3.32. The van der Waals surface area contributed by atoms with Gasteiger partial charge in [-0.05, 0) is 6.42 Å². The van der Waals surface area contributed by atoms with Crippen molar-refractivity contribution in [3.05, 3.63) is 12.2 Å². The Labute approximate surface area is 94.6 Å². The topological polar surface area (TPSA) is 81.9 Å². The zero-order chi connectivity index (χ0) is 12.2. The molecule has 90 valence electrons. The molecule has 0 amide bonds. The molecule has 0 saturated heterocycles. The Bertz CT molecular complexity index is 464. The van der Waals surface area contributed by atoms with Crippen LogP contribution in [0.4, 0.5) is 0 Å². The smallest absolute Gasteiger partial charge is 0.155 e. The van der Waals surface area contributed by atoms with Gasteiger partial charge in [0.05, 0.1) is 6.42 Å². The van der Waals surface area contributed by atoms with Crippen LogP contribution in [0.1, 0.15) is 19.2 Å². The van der Waals surface area contributed by atoms with Crippen LogP contribution in [-0.2, 0) is 27.6 Å². The summed E-state index contributed by atoms with van der Waals surface area (Å²) < 4.78 is 23.5. The zero-order valence-electron chi connectivity index (χ0n) is 9.38. The van der Waals surface area contributed by atoms with Crippen molar-refractivity contribution in [2.24, 2.45) is 0 Å². The molecule has 0 N–H and O–H groups in total. The Hall–Kier alpha value is -1.24. The van der Waals surface area contributed by atoms with Crippen LogP contribution in [0.25, 0.3) is 0 Å². The summed E-state index contributed by atoms with van der Waals surface area (Å²) >= 11 is 0. The first-order valence-electron chi connectivity index (χ1n) is 4.98. The van der Waals surface area contributed by atoms with Crippen molar-refractivity contribution < 1.29 is 13.2 Å². The molecule has 1 aromatic heterocycles. The molecule has 7 heteroatoms. The molecular weight excluding hydrogens is 230 g/mol. The summed E-state index contributed by atoms with van der Waals surface area (Å²) in [6.45, 7) is 2.67. The first-order chi connectivity index (χ1) is 7.42. The van der Waals surface area contributed by atoms with Gasteiger partial charge in [-0.1, -0.05) is 6.92 Å². The van der Waals surface area contributed by atoms with E-state index < -0.39 is 15.6 Å². The molecule has 1 heterocycles. The monoisotopic (exact) mass is 245 g/mol. The van der Waals surface area contributed by atoms with Crippen molar-refractivity contribution in [1.29, 1.82) is 0 Å². The van der Waals surface area contributed by atoms with Gasteiger partial charge in [0.1, 0.15) is 17.9 Å². The van der Waals surface area contributed by atoms with Gasteiger partial charge in [0.2, 0.25) is 0 Å². The van der Waals surface area contributed by atoms with E-state index in [1.807, 2.05) is 6.92 Å². The van der Waals surface area contributed by atoms with E-state index in [1.165, 1.54) is 6.33 Å². The summed E-state index contributed by atoms with van der Waals surface area (Å²) in [5.41, 5.74) is 0.